The third kappa shape index (κ3) is 3.03. The predicted molar refractivity (Wildman–Crippen MR) is 55.0 cm³/mol. The topological polar surface area (TPSA) is 88.2 Å². The molecule has 2 N–H and O–H groups in total. The number of aliphatic carboxylic acids is 1. The summed E-state index contributed by atoms with van der Waals surface area (Å²) >= 11 is 0. The number of aromatic nitrogens is 2. The first kappa shape index (κ1) is 11.1. The summed E-state index contributed by atoms with van der Waals surface area (Å²) in [5.41, 5.74) is 0. The van der Waals surface area contributed by atoms with Crippen molar-refractivity contribution in [3.05, 3.63) is 11.7 Å². The molecule has 88 valence electrons. The van der Waals surface area contributed by atoms with Crippen LogP contribution in [0.5, 0.6) is 0 Å². The van der Waals surface area contributed by atoms with Crippen molar-refractivity contribution < 1.29 is 14.4 Å². The Balaban J connectivity index is 1.84. The molecule has 1 aromatic heterocycles. The van der Waals surface area contributed by atoms with Gasteiger partial charge in [0.15, 0.2) is 5.82 Å². The zero-order valence-electron chi connectivity index (χ0n) is 8.98. The van der Waals surface area contributed by atoms with E-state index in [9.17, 15) is 4.79 Å². The van der Waals surface area contributed by atoms with E-state index in [0.29, 0.717) is 24.2 Å². The van der Waals surface area contributed by atoms with E-state index in [1.165, 1.54) is 6.42 Å². The maximum atomic E-state index is 10.4. The lowest BCUT2D eigenvalue weighted by Gasteiger charge is -2.04. The van der Waals surface area contributed by atoms with Crippen molar-refractivity contribution in [3.8, 4) is 0 Å². The molecule has 2 rings (SSSR count). The monoisotopic (exact) mass is 225 g/mol. The molecule has 1 fully saturated rings. The maximum Gasteiger partial charge on any atom is 0.303 e. The number of carboxylic acid groups (broad SMARTS) is 1. The molecule has 6 nitrogen and oxygen atoms in total. The van der Waals surface area contributed by atoms with Gasteiger partial charge in [-0.2, -0.15) is 4.98 Å². The van der Waals surface area contributed by atoms with Crippen LogP contribution in [0.1, 0.15) is 31.0 Å². The van der Waals surface area contributed by atoms with Crippen molar-refractivity contribution in [3.63, 3.8) is 0 Å². The summed E-state index contributed by atoms with van der Waals surface area (Å²) in [6.45, 7) is 1.05. The normalized spacial score (nSPS) is 20.1. The molecule has 0 spiro atoms. The number of aryl methyl sites for hydroxylation is 1. The van der Waals surface area contributed by atoms with Gasteiger partial charge in [-0.25, -0.2) is 0 Å². The van der Waals surface area contributed by atoms with Gasteiger partial charge in [0.25, 0.3) is 0 Å². The first-order valence-corrected chi connectivity index (χ1v) is 5.50. The average Bonchev–Trinajstić information content (AvgIpc) is 2.87. The van der Waals surface area contributed by atoms with Gasteiger partial charge in [-0.1, -0.05) is 5.16 Å². The van der Waals surface area contributed by atoms with Crippen molar-refractivity contribution in [2.24, 2.45) is 0 Å². The minimum Gasteiger partial charge on any atom is -0.481 e. The summed E-state index contributed by atoms with van der Waals surface area (Å²) in [7, 11) is 0. The molecule has 16 heavy (non-hydrogen) atoms. The second-order valence-electron chi connectivity index (χ2n) is 4.00. The molecule has 0 bridgehead atoms. The first-order chi connectivity index (χ1) is 7.74. The first-order valence-electron chi connectivity index (χ1n) is 5.50. The lowest BCUT2D eigenvalue weighted by Crippen LogP contribution is -2.24. The fourth-order valence-electron chi connectivity index (χ4n) is 1.84. The van der Waals surface area contributed by atoms with Crippen LogP contribution in [0.4, 0.5) is 0 Å². The highest BCUT2D eigenvalue weighted by molar-refractivity contribution is 5.66. The summed E-state index contributed by atoms with van der Waals surface area (Å²) in [5, 5.41) is 15.7. The van der Waals surface area contributed by atoms with Crippen LogP contribution in [0.2, 0.25) is 0 Å². The fraction of sp³-hybridized carbons (Fsp3) is 0.700. The van der Waals surface area contributed by atoms with Crippen LogP contribution in [-0.4, -0.2) is 33.8 Å². The van der Waals surface area contributed by atoms with E-state index in [1.807, 2.05) is 0 Å². The summed E-state index contributed by atoms with van der Waals surface area (Å²) in [6, 6.07) is 0.435. The fourth-order valence-corrected chi connectivity index (χ4v) is 1.84. The average molecular weight is 225 g/mol. The number of nitrogens with one attached hydrogen (secondary N) is 1. The predicted octanol–water partition coefficient (Wildman–Crippen LogP) is 0.381. The third-order valence-corrected chi connectivity index (χ3v) is 2.65. The van der Waals surface area contributed by atoms with E-state index in [4.69, 9.17) is 9.63 Å². The van der Waals surface area contributed by atoms with Gasteiger partial charge in [0.2, 0.25) is 5.89 Å². The van der Waals surface area contributed by atoms with Crippen molar-refractivity contribution in [1.82, 2.24) is 15.5 Å². The van der Waals surface area contributed by atoms with Gasteiger partial charge in [-0.15, -0.1) is 0 Å². The molecule has 1 saturated heterocycles. The number of nitrogens with zero attached hydrogens (tertiary/aromatic N) is 2. The highest BCUT2D eigenvalue weighted by Crippen LogP contribution is 2.10. The van der Waals surface area contributed by atoms with Crippen LogP contribution < -0.4 is 5.32 Å². The van der Waals surface area contributed by atoms with E-state index < -0.39 is 5.97 Å². The molecule has 1 atom stereocenters. The molecule has 2 heterocycles. The molecule has 0 aliphatic carbocycles. The molecular formula is C10H15N3O3. The van der Waals surface area contributed by atoms with Gasteiger partial charge >= 0.3 is 5.97 Å². The summed E-state index contributed by atoms with van der Waals surface area (Å²) in [4.78, 5) is 14.5. The molecule has 0 saturated carbocycles. The van der Waals surface area contributed by atoms with Gasteiger partial charge in [0, 0.05) is 18.9 Å². The second-order valence-corrected chi connectivity index (χ2v) is 4.00. The van der Waals surface area contributed by atoms with E-state index in [-0.39, 0.29) is 6.42 Å². The molecule has 1 aromatic rings. The van der Waals surface area contributed by atoms with Crippen molar-refractivity contribution in [1.29, 1.82) is 0 Å². The molecule has 0 aromatic carbocycles. The van der Waals surface area contributed by atoms with Gasteiger partial charge < -0.3 is 14.9 Å². The Bertz CT molecular complexity index is 358. The number of carbonyl (C=O) groups is 1. The zero-order chi connectivity index (χ0) is 11.4. The Kier molecular flexibility index (Phi) is 3.51. The maximum absolute atomic E-state index is 10.4. The van der Waals surface area contributed by atoms with E-state index in [1.54, 1.807) is 0 Å². The zero-order valence-corrected chi connectivity index (χ0v) is 8.98. The van der Waals surface area contributed by atoms with E-state index in [0.717, 1.165) is 19.4 Å². The van der Waals surface area contributed by atoms with Gasteiger partial charge in [0.1, 0.15) is 0 Å². The highest BCUT2D eigenvalue weighted by Gasteiger charge is 2.17. The Morgan fingerprint density at radius 1 is 1.62 bits per heavy atom. The second kappa shape index (κ2) is 5.07. The van der Waals surface area contributed by atoms with Crippen LogP contribution in [0.3, 0.4) is 0 Å². The summed E-state index contributed by atoms with van der Waals surface area (Å²) < 4.78 is 4.97. The van der Waals surface area contributed by atoms with Crippen molar-refractivity contribution in [2.75, 3.05) is 6.54 Å². The van der Waals surface area contributed by atoms with Gasteiger partial charge in [0.05, 0.1) is 6.42 Å². The smallest absolute Gasteiger partial charge is 0.303 e. The van der Waals surface area contributed by atoms with Crippen LogP contribution >= 0.6 is 0 Å². The molecule has 6 heteroatoms. The Morgan fingerprint density at radius 2 is 2.50 bits per heavy atom. The minimum atomic E-state index is -0.850. The van der Waals surface area contributed by atoms with Crippen LogP contribution in [-0.2, 0) is 17.6 Å². The number of hydrogen-bond acceptors (Lipinski definition) is 5. The molecule has 1 aliphatic heterocycles. The molecule has 0 amide bonds. The van der Waals surface area contributed by atoms with Crippen LogP contribution in [0.15, 0.2) is 4.52 Å². The lowest BCUT2D eigenvalue weighted by molar-refractivity contribution is -0.137. The summed E-state index contributed by atoms with van der Waals surface area (Å²) in [6.07, 6.45) is 3.42. The molecule has 1 aliphatic rings. The highest BCUT2D eigenvalue weighted by atomic mass is 16.5. The third-order valence-electron chi connectivity index (χ3n) is 2.65. The van der Waals surface area contributed by atoms with Crippen molar-refractivity contribution >= 4 is 5.97 Å². The number of carboxylic acids is 1. The van der Waals surface area contributed by atoms with Gasteiger partial charge in [-0.05, 0) is 19.4 Å². The van der Waals surface area contributed by atoms with Crippen LogP contribution in [0.25, 0.3) is 0 Å². The molecule has 0 radical (unpaired) electrons. The number of rotatable bonds is 5. The lowest BCUT2D eigenvalue weighted by atomic mass is 10.1. The van der Waals surface area contributed by atoms with Gasteiger partial charge in [-0.3, -0.25) is 4.79 Å². The quantitative estimate of drug-likeness (QED) is 0.753. The minimum absolute atomic E-state index is 0.0311. The number of hydrogen-bond donors (Lipinski definition) is 2. The largest absolute Gasteiger partial charge is 0.481 e. The Hall–Kier alpha value is -1.43. The van der Waals surface area contributed by atoms with E-state index >= 15 is 0 Å². The Labute approximate surface area is 93.0 Å². The summed E-state index contributed by atoms with van der Waals surface area (Å²) in [5.74, 6) is 0.229. The Morgan fingerprint density at radius 3 is 3.19 bits per heavy atom. The molecule has 1 unspecified atom stereocenters. The SMILES string of the molecule is O=C(O)CCc1nc(CC2CCCN2)no1. The standard InChI is InChI=1S/C10H15N3O3/c14-10(15)4-3-9-12-8(13-16-9)6-7-2-1-5-11-7/h7,11H,1-6H2,(H,14,15). The molecular weight excluding hydrogens is 210 g/mol. The van der Waals surface area contributed by atoms with Crippen molar-refractivity contribution in [2.45, 2.75) is 38.1 Å². The van der Waals surface area contributed by atoms with Crippen LogP contribution in [0, 0.1) is 0 Å². The van der Waals surface area contributed by atoms with E-state index in [2.05, 4.69) is 15.5 Å².